The summed E-state index contributed by atoms with van der Waals surface area (Å²) in [5.41, 5.74) is 6.51. The zero-order valence-electron chi connectivity index (χ0n) is 10.1. The minimum absolute atomic E-state index is 0.0111. The summed E-state index contributed by atoms with van der Waals surface area (Å²) in [7, 11) is 0. The van der Waals surface area contributed by atoms with E-state index in [0.717, 1.165) is 5.69 Å². The van der Waals surface area contributed by atoms with Crippen LogP contribution < -0.4 is 11.1 Å². The summed E-state index contributed by atoms with van der Waals surface area (Å²) in [5.74, 6) is 0.315. The molecule has 1 aliphatic carbocycles. The van der Waals surface area contributed by atoms with Crippen LogP contribution in [0.25, 0.3) is 0 Å². The van der Waals surface area contributed by atoms with Crippen molar-refractivity contribution in [1.82, 2.24) is 0 Å². The Bertz CT molecular complexity index is 453. The molecule has 0 spiro atoms. The third kappa shape index (κ3) is 2.75. The molecular weight excluding hydrogens is 235 g/mol. The van der Waals surface area contributed by atoms with Crippen LogP contribution in [0.2, 0.25) is 0 Å². The van der Waals surface area contributed by atoms with Gasteiger partial charge in [-0.25, -0.2) is 4.39 Å². The Hall–Kier alpha value is -1.16. The Balaban J connectivity index is 2.17. The number of benzene rings is 1. The monoisotopic (exact) mass is 252 g/mol. The summed E-state index contributed by atoms with van der Waals surface area (Å²) in [6.45, 7) is 4.29. The van der Waals surface area contributed by atoms with Crippen LogP contribution >= 0.6 is 12.2 Å². The number of halogens is 1. The maximum atomic E-state index is 13.7. The molecule has 0 aromatic heterocycles. The van der Waals surface area contributed by atoms with Crippen molar-refractivity contribution >= 4 is 22.9 Å². The number of nitrogens with two attached hydrogens (primary N) is 1. The molecule has 0 atom stereocenters. The van der Waals surface area contributed by atoms with Gasteiger partial charge in [0.2, 0.25) is 0 Å². The van der Waals surface area contributed by atoms with Crippen LogP contribution in [0.1, 0.15) is 32.3 Å². The van der Waals surface area contributed by atoms with E-state index in [1.165, 1.54) is 18.9 Å². The van der Waals surface area contributed by atoms with Crippen LogP contribution in [0.5, 0.6) is 0 Å². The van der Waals surface area contributed by atoms with E-state index in [0.29, 0.717) is 11.5 Å². The zero-order chi connectivity index (χ0) is 12.6. The fourth-order valence-corrected chi connectivity index (χ4v) is 2.24. The van der Waals surface area contributed by atoms with Crippen molar-refractivity contribution < 1.29 is 4.39 Å². The number of anilines is 1. The fraction of sp³-hybridized carbons (Fsp3) is 0.462. The molecule has 0 aliphatic heterocycles. The van der Waals surface area contributed by atoms with Gasteiger partial charge in [-0.3, -0.25) is 0 Å². The van der Waals surface area contributed by atoms with Crippen LogP contribution in [-0.4, -0.2) is 10.5 Å². The summed E-state index contributed by atoms with van der Waals surface area (Å²) < 4.78 is 13.7. The maximum Gasteiger partial charge on any atom is 0.135 e. The number of nitrogens with one attached hydrogen (secondary N) is 1. The van der Waals surface area contributed by atoms with E-state index >= 15 is 0 Å². The molecule has 2 nitrogen and oxygen atoms in total. The molecule has 1 aliphatic rings. The molecule has 0 radical (unpaired) electrons. The lowest BCUT2D eigenvalue weighted by atomic mass is 9.98. The van der Waals surface area contributed by atoms with Gasteiger partial charge in [-0.1, -0.05) is 12.2 Å². The van der Waals surface area contributed by atoms with E-state index in [1.54, 1.807) is 6.07 Å². The van der Waals surface area contributed by atoms with Gasteiger partial charge < -0.3 is 11.1 Å². The molecule has 0 amide bonds. The molecule has 2 rings (SSSR count). The number of hydrogen-bond donors (Lipinski definition) is 2. The Morgan fingerprint density at radius 2 is 2.12 bits per heavy atom. The van der Waals surface area contributed by atoms with Crippen molar-refractivity contribution in [3.63, 3.8) is 0 Å². The van der Waals surface area contributed by atoms with E-state index in [4.69, 9.17) is 18.0 Å². The second-order valence-electron chi connectivity index (χ2n) is 5.18. The van der Waals surface area contributed by atoms with Crippen molar-refractivity contribution in [2.45, 2.75) is 32.2 Å². The lowest BCUT2D eigenvalue weighted by molar-refractivity contribution is 0.494. The average molecular weight is 252 g/mol. The van der Waals surface area contributed by atoms with Crippen molar-refractivity contribution in [2.75, 3.05) is 5.32 Å². The van der Waals surface area contributed by atoms with Crippen LogP contribution in [-0.2, 0) is 0 Å². The highest BCUT2D eigenvalue weighted by Gasteiger charge is 2.37. The first-order chi connectivity index (χ1) is 7.90. The minimum atomic E-state index is -0.367. The third-order valence-electron chi connectivity index (χ3n) is 3.30. The van der Waals surface area contributed by atoms with Gasteiger partial charge in [0, 0.05) is 16.8 Å². The first kappa shape index (κ1) is 12.3. The molecule has 0 saturated heterocycles. The number of hydrogen-bond acceptors (Lipinski definition) is 2. The molecule has 1 fully saturated rings. The molecule has 0 bridgehead atoms. The normalized spacial score (nSPS) is 15.7. The molecular formula is C13H17FN2S. The molecule has 1 aromatic rings. The minimum Gasteiger partial charge on any atom is -0.389 e. The van der Waals surface area contributed by atoms with Gasteiger partial charge in [0.25, 0.3) is 0 Å². The summed E-state index contributed by atoms with van der Waals surface area (Å²) in [5, 5.41) is 3.36. The lowest BCUT2D eigenvalue weighted by Gasteiger charge is -2.27. The lowest BCUT2D eigenvalue weighted by Crippen LogP contribution is -2.33. The van der Waals surface area contributed by atoms with Gasteiger partial charge in [0.1, 0.15) is 10.8 Å². The molecule has 1 saturated carbocycles. The summed E-state index contributed by atoms with van der Waals surface area (Å²) in [6, 6.07) is 4.91. The van der Waals surface area contributed by atoms with E-state index in [2.05, 4.69) is 19.2 Å². The molecule has 3 N–H and O–H groups in total. The summed E-state index contributed by atoms with van der Waals surface area (Å²) >= 11 is 4.77. The molecule has 92 valence electrons. The zero-order valence-corrected chi connectivity index (χ0v) is 10.9. The van der Waals surface area contributed by atoms with Gasteiger partial charge in [-0.2, -0.15) is 0 Å². The van der Waals surface area contributed by atoms with Gasteiger partial charge in [-0.15, -0.1) is 0 Å². The highest BCUT2D eigenvalue weighted by molar-refractivity contribution is 7.80. The average Bonchev–Trinajstić information content (AvgIpc) is 2.98. The van der Waals surface area contributed by atoms with Crippen molar-refractivity contribution in [3.8, 4) is 0 Å². The molecule has 1 aromatic carbocycles. The standard InChI is InChI=1S/C13H17FN2S/c1-13(2,8-3-4-8)16-9-5-6-10(12(15)17)11(14)7-9/h5-8,16H,3-4H2,1-2H3,(H2,15,17). The second-order valence-corrected chi connectivity index (χ2v) is 5.62. The molecule has 0 unspecified atom stereocenters. The predicted octanol–water partition coefficient (Wildman–Crippen LogP) is 3.06. The smallest absolute Gasteiger partial charge is 0.135 e. The van der Waals surface area contributed by atoms with Gasteiger partial charge in [-0.05, 0) is 50.8 Å². The largest absolute Gasteiger partial charge is 0.389 e. The Kier molecular flexibility index (Phi) is 3.08. The Morgan fingerprint density at radius 1 is 1.47 bits per heavy atom. The van der Waals surface area contributed by atoms with Gasteiger partial charge in [0.15, 0.2) is 0 Å². The highest BCUT2D eigenvalue weighted by Crippen LogP contribution is 2.41. The van der Waals surface area contributed by atoms with Crippen molar-refractivity contribution in [2.24, 2.45) is 11.7 Å². The Labute approximate surface area is 106 Å². The van der Waals surface area contributed by atoms with Crippen LogP contribution in [0.3, 0.4) is 0 Å². The van der Waals surface area contributed by atoms with Crippen LogP contribution in [0, 0.1) is 11.7 Å². The maximum absolute atomic E-state index is 13.7. The van der Waals surface area contributed by atoms with E-state index in [1.807, 2.05) is 6.07 Å². The van der Waals surface area contributed by atoms with Gasteiger partial charge >= 0.3 is 0 Å². The van der Waals surface area contributed by atoms with Crippen LogP contribution in [0.15, 0.2) is 18.2 Å². The predicted molar refractivity (Wildman–Crippen MR) is 72.7 cm³/mol. The van der Waals surface area contributed by atoms with E-state index in [-0.39, 0.29) is 16.3 Å². The second kappa shape index (κ2) is 4.26. The van der Waals surface area contributed by atoms with Crippen molar-refractivity contribution in [3.05, 3.63) is 29.6 Å². The summed E-state index contributed by atoms with van der Waals surface area (Å²) in [4.78, 5) is 0.0931. The molecule has 4 heteroatoms. The van der Waals surface area contributed by atoms with Gasteiger partial charge in [0.05, 0.1) is 0 Å². The third-order valence-corrected chi connectivity index (χ3v) is 3.52. The topological polar surface area (TPSA) is 38.0 Å². The number of rotatable bonds is 4. The summed E-state index contributed by atoms with van der Waals surface area (Å²) in [6.07, 6.45) is 2.49. The molecule has 17 heavy (non-hydrogen) atoms. The first-order valence-corrected chi connectivity index (χ1v) is 6.18. The SMILES string of the molecule is CC(C)(Nc1ccc(C(N)=S)c(F)c1)C1CC1. The Morgan fingerprint density at radius 3 is 2.59 bits per heavy atom. The van der Waals surface area contributed by atoms with Crippen molar-refractivity contribution in [1.29, 1.82) is 0 Å². The highest BCUT2D eigenvalue weighted by atomic mass is 32.1. The fourth-order valence-electron chi connectivity index (χ4n) is 2.07. The quantitative estimate of drug-likeness (QED) is 0.809. The van der Waals surface area contributed by atoms with Crippen LogP contribution in [0.4, 0.5) is 10.1 Å². The number of thiocarbonyl (C=S) groups is 1. The molecule has 0 heterocycles. The first-order valence-electron chi connectivity index (χ1n) is 5.77. The van der Waals surface area contributed by atoms with E-state index in [9.17, 15) is 4.39 Å². The van der Waals surface area contributed by atoms with E-state index < -0.39 is 0 Å².